The SMILES string of the molecule is Cn1c([N+](=O)[O-])cnc1C1=NO[C@H]2CC(O)C(O)C[C@H]12. The number of aliphatic hydroxyl groups excluding tert-OH is 2. The van der Waals surface area contributed by atoms with Gasteiger partial charge in [-0.05, 0) is 11.3 Å². The number of hydrogen-bond acceptors (Lipinski definition) is 7. The molecule has 2 unspecified atom stereocenters. The minimum atomic E-state index is -0.849. The van der Waals surface area contributed by atoms with Crippen LogP contribution >= 0.6 is 0 Å². The van der Waals surface area contributed by atoms with Gasteiger partial charge in [-0.2, -0.15) is 0 Å². The third kappa shape index (κ3) is 1.86. The van der Waals surface area contributed by atoms with Crippen molar-refractivity contribution in [1.29, 1.82) is 0 Å². The van der Waals surface area contributed by atoms with Crippen molar-refractivity contribution in [3.05, 3.63) is 22.1 Å². The van der Waals surface area contributed by atoms with Gasteiger partial charge in [0.15, 0.2) is 5.71 Å². The van der Waals surface area contributed by atoms with Gasteiger partial charge in [-0.3, -0.25) is 0 Å². The van der Waals surface area contributed by atoms with Gasteiger partial charge in [-0.1, -0.05) is 5.16 Å². The van der Waals surface area contributed by atoms with E-state index in [0.717, 1.165) is 0 Å². The Bertz CT molecular complexity index is 583. The highest BCUT2D eigenvalue weighted by atomic mass is 16.6. The number of oxime groups is 1. The summed E-state index contributed by atoms with van der Waals surface area (Å²) >= 11 is 0. The first-order chi connectivity index (χ1) is 9.49. The molecule has 0 saturated heterocycles. The zero-order valence-electron chi connectivity index (χ0n) is 10.7. The average Bonchev–Trinajstić information content (AvgIpc) is 2.94. The number of hydrogen-bond donors (Lipinski definition) is 2. The number of aliphatic hydroxyl groups is 2. The van der Waals surface area contributed by atoms with Crippen molar-refractivity contribution < 1.29 is 20.0 Å². The van der Waals surface area contributed by atoms with Crippen LogP contribution in [0.1, 0.15) is 18.7 Å². The normalized spacial score (nSPS) is 32.5. The second-order valence-electron chi connectivity index (χ2n) is 5.09. The highest BCUT2D eigenvalue weighted by Crippen LogP contribution is 2.35. The third-order valence-electron chi connectivity index (χ3n) is 3.88. The lowest BCUT2D eigenvalue weighted by atomic mass is 9.80. The molecule has 1 aromatic rings. The van der Waals surface area contributed by atoms with Gasteiger partial charge in [0.2, 0.25) is 5.82 Å². The average molecular weight is 282 g/mol. The molecule has 1 fully saturated rings. The maximum absolute atomic E-state index is 10.8. The van der Waals surface area contributed by atoms with Gasteiger partial charge >= 0.3 is 5.82 Å². The van der Waals surface area contributed by atoms with Crippen LogP contribution in [0.4, 0.5) is 5.82 Å². The monoisotopic (exact) mass is 282 g/mol. The Morgan fingerprint density at radius 3 is 2.80 bits per heavy atom. The van der Waals surface area contributed by atoms with Crippen molar-refractivity contribution in [3.63, 3.8) is 0 Å². The van der Waals surface area contributed by atoms with Crippen molar-refractivity contribution >= 4 is 11.5 Å². The standard InChI is InChI=1S/C11H14N4O5/c1-14-9(15(18)19)4-12-11(14)10-5-2-6(16)7(17)3-8(5)20-13-10/h4-8,16-17H,2-3H2,1H3/t5-,6?,7?,8-/m0/s1. The van der Waals surface area contributed by atoms with Crippen LogP contribution in [0.3, 0.4) is 0 Å². The molecule has 0 radical (unpaired) electrons. The first-order valence-corrected chi connectivity index (χ1v) is 6.25. The predicted octanol–water partition coefficient (Wildman–Crippen LogP) is -0.437. The van der Waals surface area contributed by atoms with Crippen LogP contribution in [0.25, 0.3) is 0 Å². The summed E-state index contributed by atoms with van der Waals surface area (Å²) in [6.07, 6.45) is -0.255. The van der Waals surface area contributed by atoms with E-state index in [1.54, 1.807) is 0 Å². The van der Waals surface area contributed by atoms with Gasteiger partial charge in [0, 0.05) is 6.42 Å². The molecule has 20 heavy (non-hydrogen) atoms. The Morgan fingerprint density at radius 2 is 2.15 bits per heavy atom. The topological polar surface area (TPSA) is 123 Å². The molecule has 1 aromatic heterocycles. The Hall–Kier alpha value is -2.00. The molecular weight excluding hydrogens is 268 g/mol. The Balaban J connectivity index is 1.90. The minimum absolute atomic E-state index is 0.137. The fourth-order valence-electron chi connectivity index (χ4n) is 2.74. The van der Waals surface area contributed by atoms with Crippen LogP contribution in [-0.2, 0) is 11.9 Å². The number of nitrogens with zero attached hydrogens (tertiary/aromatic N) is 4. The number of rotatable bonds is 2. The molecule has 0 amide bonds. The number of fused-ring (bicyclic) bond motifs is 1. The molecule has 2 heterocycles. The molecule has 2 N–H and O–H groups in total. The van der Waals surface area contributed by atoms with E-state index >= 15 is 0 Å². The highest BCUT2D eigenvalue weighted by molar-refractivity contribution is 6.00. The minimum Gasteiger partial charge on any atom is -0.391 e. The summed E-state index contributed by atoms with van der Waals surface area (Å²) in [5.74, 6) is 0.00411. The number of nitro groups is 1. The van der Waals surface area contributed by atoms with Crippen LogP contribution in [0.15, 0.2) is 11.4 Å². The second-order valence-corrected chi connectivity index (χ2v) is 5.09. The maximum Gasteiger partial charge on any atom is 0.342 e. The summed E-state index contributed by atoms with van der Waals surface area (Å²) < 4.78 is 1.34. The molecule has 1 aliphatic carbocycles. The van der Waals surface area contributed by atoms with Crippen molar-refractivity contribution in [3.8, 4) is 0 Å². The first kappa shape index (κ1) is 13.0. The van der Waals surface area contributed by atoms with Crippen molar-refractivity contribution in [1.82, 2.24) is 9.55 Å². The molecule has 4 atom stereocenters. The van der Waals surface area contributed by atoms with Crippen LogP contribution < -0.4 is 0 Å². The van der Waals surface area contributed by atoms with E-state index in [1.165, 1.54) is 17.8 Å². The van der Waals surface area contributed by atoms with Crippen LogP contribution in [0, 0.1) is 16.0 Å². The Morgan fingerprint density at radius 1 is 1.45 bits per heavy atom. The van der Waals surface area contributed by atoms with E-state index < -0.39 is 17.1 Å². The lowest BCUT2D eigenvalue weighted by Gasteiger charge is -2.30. The number of imidazole rings is 1. The summed E-state index contributed by atoms with van der Waals surface area (Å²) in [5.41, 5.74) is 0.483. The summed E-state index contributed by atoms with van der Waals surface area (Å²) in [5, 5.41) is 34.1. The lowest BCUT2D eigenvalue weighted by molar-refractivity contribution is -0.391. The van der Waals surface area contributed by atoms with Gasteiger partial charge < -0.3 is 25.2 Å². The van der Waals surface area contributed by atoms with Crippen molar-refractivity contribution in [2.24, 2.45) is 18.1 Å². The largest absolute Gasteiger partial charge is 0.391 e. The second kappa shape index (κ2) is 4.53. The van der Waals surface area contributed by atoms with Crippen LogP contribution in [-0.4, -0.2) is 48.7 Å². The van der Waals surface area contributed by atoms with Gasteiger partial charge in [0.05, 0.1) is 25.2 Å². The molecule has 9 heteroatoms. The molecule has 0 spiro atoms. The van der Waals surface area contributed by atoms with Crippen LogP contribution in [0.5, 0.6) is 0 Å². The Labute approximate surface area is 113 Å². The summed E-state index contributed by atoms with van der Waals surface area (Å²) in [6, 6.07) is 0. The molecule has 108 valence electrons. The quantitative estimate of drug-likeness (QED) is 0.560. The molecule has 2 aliphatic rings. The van der Waals surface area contributed by atoms with Gasteiger partial charge in [-0.25, -0.2) is 9.55 Å². The lowest BCUT2D eigenvalue weighted by Crippen LogP contribution is -2.43. The molecule has 0 bridgehead atoms. The fourth-order valence-corrected chi connectivity index (χ4v) is 2.74. The van der Waals surface area contributed by atoms with E-state index in [4.69, 9.17) is 4.84 Å². The molecular formula is C11H14N4O5. The molecule has 3 rings (SSSR count). The molecule has 1 aliphatic heterocycles. The van der Waals surface area contributed by atoms with Gasteiger partial charge in [-0.15, -0.1) is 0 Å². The van der Waals surface area contributed by atoms with Crippen molar-refractivity contribution in [2.45, 2.75) is 31.2 Å². The van der Waals surface area contributed by atoms with E-state index in [1.807, 2.05) is 0 Å². The molecule has 0 aromatic carbocycles. The molecule has 9 nitrogen and oxygen atoms in total. The fraction of sp³-hybridized carbons (Fsp3) is 0.636. The number of aromatic nitrogens is 2. The third-order valence-corrected chi connectivity index (χ3v) is 3.88. The zero-order chi connectivity index (χ0) is 14.4. The Kier molecular flexibility index (Phi) is 2.94. The smallest absolute Gasteiger partial charge is 0.342 e. The van der Waals surface area contributed by atoms with E-state index in [0.29, 0.717) is 18.0 Å². The maximum atomic E-state index is 10.8. The summed E-state index contributed by atoms with van der Waals surface area (Å²) in [4.78, 5) is 19.6. The molecule has 1 saturated carbocycles. The van der Waals surface area contributed by atoms with Crippen LogP contribution in [0.2, 0.25) is 0 Å². The van der Waals surface area contributed by atoms with Crippen molar-refractivity contribution in [2.75, 3.05) is 0 Å². The van der Waals surface area contributed by atoms with E-state index in [9.17, 15) is 20.3 Å². The predicted molar refractivity (Wildman–Crippen MR) is 66.0 cm³/mol. The van der Waals surface area contributed by atoms with Gasteiger partial charge in [0.1, 0.15) is 12.3 Å². The zero-order valence-corrected chi connectivity index (χ0v) is 10.7. The van der Waals surface area contributed by atoms with Gasteiger partial charge in [0.25, 0.3) is 0 Å². The first-order valence-electron chi connectivity index (χ1n) is 6.25. The summed E-state index contributed by atoms with van der Waals surface area (Å²) in [6.45, 7) is 0. The highest BCUT2D eigenvalue weighted by Gasteiger charge is 2.46. The van der Waals surface area contributed by atoms with E-state index in [-0.39, 0.29) is 24.3 Å². The summed E-state index contributed by atoms with van der Waals surface area (Å²) in [7, 11) is 1.53. The van der Waals surface area contributed by atoms with E-state index in [2.05, 4.69) is 10.1 Å².